The monoisotopic (exact) mass is 405 g/mol. The number of thiophene rings is 1. The van der Waals surface area contributed by atoms with Gasteiger partial charge in [-0.15, -0.1) is 11.3 Å². The van der Waals surface area contributed by atoms with E-state index < -0.39 is 5.60 Å². The number of likely N-dealkylation sites (tertiary alicyclic amines) is 1. The summed E-state index contributed by atoms with van der Waals surface area (Å²) in [7, 11) is 3.15. The lowest BCUT2D eigenvalue weighted by molar-refractivity contribution is -0.149. The zero-order chi connectivity index (χ0) is 20.3. The molecule has 1 fully saturated rings. The molecule has 0 saturated carbocycles. The zero-order valence-corrected chi connectivity index (χ0v) is 17.6. The van der Waals surface area contributed by atoms with Crippen molar-refractivity contribution in [1.29, 1.82) is 0 Å². The van der Waals surface area contributed by atoms with Crippen LogP contribution in [0.5, 0.6) is 0 Å². The molecule has 0 aromatic carbocycles. The Bertz CT molecular complexity index is 864. The first-order valence-corrected chi connectivity index (χ1v) is 10.2. The van der Waals surface area contributed by atoms with Crippen molar-refractivity contribution < 1.29 is 19.1 Å². The van der Waals surface area contributed by atoms with Gasteiger partial charge in [-0.1, -0.05) is 6.07 Å². The molecule has 2 amide bonds. The van der Waals surface area contributed by atoms with E-state index in [0.29, 0.717) is 31.1 Å². The van der Waals surface area contributed by atoms with Gasteiger partial charge in [0.15, 0.2) is 0 Å². The van der Waals surface area contributed by atoms with E-state index in [-0.39, 0.29) is 17.7 Å². The van der Waals surface area contributed by atoms with Gasteiger partial charge >= 0.3 is 0 Å². The van der Waals surface area contributed by atoms with Gasteiger partial charge in [0, 0.05) is 51.4 Å². The first-order chi connectivity index (χ1) is 13.4. The molecule has 3 rings (SSSR count). The Morgan fingerprint density at radius 2 is 2.18 bits per heavy atom. The molecule has 3 heterocycles. The molecule has 1 atom stereocenters. The van der Waals surface area contributed by atoms with E-state index >= 15 is 0 Å². The summed E-state index contributed by atoms with van der Waals surface area (Å²) in [5, 5.41) is 3.91. The molecule has 1 N–H and O–H groups in total. The number of methoxy groups -OCH3 is 2. The Morgan fingerprint density at radius 1 is 1.39 bits per heavy atom. The zero-order valence-electron chi connectivity index (χ0n) is 16.8. The third-order valence-electron chi connectivity index (χ3n) is 5.21. The van der Waals surface area contributed by atoms with Crippen molar-refractivity contribution >= 4 is 33.4 Å². The third kappa shape index (κ3) is 4.04. The van der Waals surface area contributed by atoms with Crippen LogP contribution in [0, 0.1) is 0 Å². The van der Waals surface area contributed by atoms with Crippen molar-refractivity contribution in [3.63, 3.8) is 0 Å². The maximum atomic E-state index is 12.8. The number of aromatic nitrogens is 1. The van der Waals surface area contributed by atoms with Crippen molar-refractivity contribution in [2.24, 2.45) is 0 Å². The van der Waals surface area contributed by atoms with Gasteiger partial charge in [-0.05, 0) is 31.9 Å². The van der Waals surface area contributed by atoms with E-state index in [1.54, 1.807) is 34.3 Å². The molecule has 8 heteroatoms. The van der Waals surface area contributed by atoms with Crippen LogP contribution >= 0.6 is 11.3 Å². The highest BCUT2D eigenvalue weighted by molar-refractivity contribution is 7.20. The number of hydrogen-bond acceptors (Lipinski definition) is 6. The highest BCUT2D eigenvalue weighted by Crippen LogP contribution is 2.39. The van der Waals surface area contributed by atoms with Gasteiger partial charge < -0.3 is 19.7 Å². The number of nitrogens with zero attached hydrogens (tertiary/aromatic N) is 2. The lowest BCUT2D eigenvalue weighted by Crippen LogP contribution is -2.45. The van der Waals surface area contributed by atoms with Crippen LogP contribution in [0.15, 0.2) is 18.3 Å². The average molecular weight is 406 g/mol. The molecule has 0 spiro atoms. The van der Waals surface area contributed by atoms with Crippen LogP contribution in [0.3, 0.4) is 0 Å². The van der Waals surface area contributed by atoms with E-state index in [4.69, 9.17) is 9.47 Å². The van der Waals surface area contributed by atoms with E-state index in [2.05, 4.69) is 10.3 Å². The van der Waals surface area contributed by atoms with Crippen LogP contribution in [-0.4, -0.2) is 67.8 Å². The normalized spacial score (nSPS) is 17.3. The van der Waals surface area contributed by atoms with E-state index in [0.717, 1.165) is 22.2 Å². The summed E-state index contributed by atoms with van der Waals surface area (Å²) < 4.78 is 10.4. The van der Waals surface area contributed by atoms with E-state index in [9.17, 15) is 9.59 Å². The van der Waals surface area contributed by atoms with Gasteiger partial charge in [-0.25, -0.2) is 4.98 Å². The highest BCUT2D eigenvalue weighted by Gasteiger charge is 2.38. The third-order valence-corrected chi connectivity index (χ3v) is 6.34. The second kappa shape index (κ2) is 8.55. The standard InChI is InChI=1S/C20H27N3O4S/c1-20(2,27-4)19(25)23-10-7-13(12-23)15-14-6-5-8-22-18(14)28-16(15)17(24)21-9-11-26-3/h5-6,8,13H,7,9-12H2,1-4H3,(H,21,24)/t13-/m0/s1. The van der Waals surface area contributed by atoms with Crippen molar-refractivity contribution in [1.82, 2.24) is 15.2 Å². The van der Waals surface area contributed by atoms with Crippen LogP contribution in [-0.2, 0) is 14.3 Å². The highest BCUT2D eigenvalue weighted by atomic mass is 32.1. The minimum Gasteiger partial charge on any atom is -0.383 e. The molecule has 0 bridgehead atoms. The van der Waals surface area contributed by atoms with Crippen LogP contribution in [0.1, 0.15) is 41.4 Å². The van der Waals surface area contributed by atoms with Gasteiger partial charge in [0.05, 0.1) is 11.5 Å². The number of carbonyl (C=O) groups excluding carboxylic acids is 2. The number of pyridine rings is 1. The topological polar surface area (TPSA) is 80.8 Å². The number of ether oxygens (including phenoxy) is 2. The van der Waals surface area contributed by atoms with Crippen LogP contribution in [0.4, 0.5) is 0 Å². The summed E-state index contributed by atoms with van der Waals surface area (Å²) in [5.74, 6) is -0.0453. The fraction of sp³-hybridized carbons (Fsp3) is 0.550. The fourth-order valence-corrected chi connectivity index (χ4v) is 4.67. The Labute approximate surface area is 169 Å². The number of hydrogen-bond donors (Lipinski definition) is 1. The lowest BCUT2D eigenvalue weighted by Gasteiger charge is -2.28. The molecule has 0 aliphatic carbocycles. The number of carbonyl (C=O) groups is 2. The largest absolute Gasteiger partial charge is 0.383 e. The lowest BCUT2D eigenvalue weighted by atomic mass is 9.95. The number of fused-ring (bicyclic) bond motifs is 1. The molecule has 28 heavy (non-hydrogen) atoms. The molecule has 152 valence electrons. The first kappa shape index (κ1) is 20.7. The van der Waals surface area contributed by atoms with Crippen LogP contribution in [0.2, 0.25) is 0 Å². The second-order valence-corrected chi connectivity index (χ2v) is 8.40. The summed E-state index contributed by atoms with van der Waals surface area (Å²) in [5.41, 5.74) is 0.140. The molecule has 2 aromatic heterocycles. The fourth-order valence-electron chi connectivity index (χ4n) is 3.52. The van der Waals surface area contributed by atoms with Gasteiger partial charge in [0.1, 0.15) is 10.4 Å². The molecule has 1 aliphatic heterocycles. The molecule has 0 radical (unpaired) electrons. The Kier molecular flexibility index (Phi) is 6.32. The second-order valence-electron chi connectivity index (χ2n) is 7.40. The minimum atomic E-state index is -0.854. The smallest absolute Gasteiger partial charge is 0.261 e. The maximum absolute atomic E-state index is 12.8. The summed E-state index contributed by atoms with van der Waals surface area (Å²) in [6.45, 7) is 5.70. The maximum Gasteiger partial charge on any atom is 0.261 e. The van der Waals surface area contributed by atoms with Gasteiger partial charge in [-0.3, -0.25) is 9.59 Å². The van der Waals surface area contributed by atoms with Crippen molar-refractivity contribution in [3.05, 3.63) is 28.8 Å². The SMILES string of the molecule is COCCNC(=O)c1sc2ncccc2c1[C@H]1CCN(C(=O)C(C)(C)OC)C1. The van der Waals surface area contributed by atoms with Gasteiger partial charge in [0.25, 0.3) is 11.8 Å². The van der Waals surface area contributed by atoms with Gasteiger partial charge in [-0.2, -0.15) is 0 Å². The summed E-state index contributed by atoms with van der Waals surface area (Å²) in [4.78, 5) is 33.4. The van der Waals surface area contributed by atoms with Crippen molar-refractivity contribution in [2.75, 3.05) is 40.5 Å². The first-order valence-electron chi connectivity index (χ1n) is 9.38. The summed E-state index contributed by atoms with van der Waals surface area (Å²) in [6, 6.07) is 3.89. The Morgan fingerprint density at radius 3 is 2.89 bits per heavy atom. The van der Waals surface area contributed by atoms with Crippen molar-refractivity contribution in [3.8, 4) is 0 Å². The summed E-state index contributed by atoms with van der Waals surface area (Å²) in [6.07, 6.45) is 2.55. The van der Waals surface area contributed by atoms with E-state index in [1.807, 2.05) is 17.0 Å². The van der Waals surface area contributed by atoms with E-state index in [1.165, 1.54) is 11.3 Å². The molecule has 2 aromatic rings. The van der Waals surface area contributed by atoms with Crippen LogP contribution < -0.4 is 5.32 Å². The Hall–Kier alpha value is -2.03. The van der Waals surface area contributed by atoms with Gasteiger partial charge in [0.2, 0.25) is 0 Å². The summed E-state index contributed by atoms with van der Waals surface area (Å²) >= 11 is 1.40. The minimum absolute atomic E-state index is 0.0266. The molecule has 0 unspecified atom stereocenters. The Balaban J connectivity index is 1.89. The molecule has 1 saturated heterocycles. The average Bonchev–Trinajstić information content (AvgIpc) is 3.31. The molecule has 7 nitrogen and oxygen atoms in total. The predicted molar refractivity (Wildman–Crippen MR) is 109 cm³/mol. The van der Waals surface area contributed by atoms with Crippen LogP contribution in [0.25, 0.3) is 10.2 Å². The van der Waals surface area contributed by atoms with Crippen molar-refractivity contribution in [2.45, 2.75) is 31.8 Å². The number of amides is 2. The number of nitrogens with one attached hydrogen (secondary N) is 1. The predicted octanol–water partition coefficient (Wildman–Crippen LogP) is 2.41. The molecular weight excluding hydrogens is 378 g/mol. The number of rotatable bonds is 7. The molecular formula is C20H27N3O4S. The quantitative estimate of drug-likeness (QED) is 0.716. The molecule has 1 aliphatic rings.